The number of hydrazone groups is 1. The number of hydrogen-bond acceptors (Lipinski definition) is 5. The van der Waals surface area contributed by atoms with Crippen LogP contribution in [0.4, 0.5) is 4.79 Å². The fourth-order valence-corrected chi connectivity index (χ4v) is 2.67. The van der Waals surface area contributed by atoms with Gasteiger partial charge in [0, 0.05) is 19.0 Å². The largest absolute Gasteiger partial charge is 0.449 e. The zero-order chi connectivity index (χ0) is 15.4. The van der Waals surface area contributed by atoms with Gasteiger partial charge >= 0.3 is 6.09 Å². The van der Waals surface area contributed by atoms with Gasteiger partial charge in [0.1, 0.15) is 5.10 Å². The van der Waals surface area contributed by atoms with Gasteiger partial charge in [-0.1, -0.05) is 0 Å². The number of carbonyl (C=O) groups is 1. The van der Waals surface area contributed by atoms with Crippen LogP contribution >= 0.6 is 0 Å². The average molecular weight is 300 g/mol. The predicted molar refractivity (Wildman–Crippen MR) is 73.3 cm³/mol. The van der Waals surface area contributed by atoms with Crippen molar-refractivity contribution in [1.82, 2.24) is 9.80 Å². The van der Waals surface area contributed by atoms with E-state index in [1.54, 1.807) is 11.8 Å². The standard InChI is InChI=1S/C12H20N4O5/c1-3-20-12(17)15-5-4-14(11(15)13-16(18)19)7-10-6-9(2)21-8-10/h9-10H,3-8H2,1-2H3. The quantitative estimate of drug-likeness (QED) is 0.561. The van der Waals surface area contributed by atoms with Crippen LogP contribution < -0.4 is 0 Å². The SMILES string of the molecule is CCOC(=O)N1CCN(CC2COC(C)C2)C1=N[N+](=O)[O-]. The number of ether oxygens (including phenoxy) is 2. The number of nitrogens with zero attached hydrogens (tertiary/aromatic N) is 4. The molecule has 2 aliphatic rings. The topological polar surface area (TPSA) is 97.5 Å². The van der Waals surface area contributed by atoms with Crippen molar-refractivity contribution >= 4 is 12.1 Å². The number of hydrogen-bond donors (Lipinski definition) is 0. The third kappa shape index (κ3) is 3.81. The van der Waals surface area contributed by atoms with E-state index in [1.165, 1.54) is 4.90 Å². The summed E-state index contributed by atoms with van der Waals surface area (Å²) in [7, 11) is 0. The first kappa shape index (κ1) is 15.5. The first-order valence-electron chi connectivity index (χ1n) is 7.05. The zero-order valence-corrected chi connectivity index (χ0v) is 12.2. The van der Waals surface area contributed by atoms with Crippen molar-refractivity contribution in [2.75, 3.05) is 32.8 Å². The normalized spacial score (nSPS) is 27.4. The van der Waals surface area contributed by atoms with Crippen LogP contribution in [0.1, 0.15) is 20.3 Å². The maximum atomic E-state index is 11.8. The maximum Gasteiger partial charge on any atom is 0.416 e. The second-order valence-corrected chi connectivity index (χ2v) is 5.18. The Morgan fingerprint density at radius 1 is 1.57 bits per heavy atom. The van der Waals surface area contributed by atoms with Gasteiger partial charge in [0.05, 0.1) is 25.9 Å². The van der Waals surface area contributed by atoms with Gasteiger partial charge in [-0.15, -0.1) is 0 Å². The summed E-state index contributed by atoms with van der Waals surface area (Å²) in [6.45, 7) is 5.98. The molecule has 0 aromatic heterocycles. The van der Waals surface area contributed by atoms with E-state index in [0.29, 0.717) is 32.2 Å². The van der Waals surface area contributed by atoms with Crippen molar-refractivity contribution < 1.29 is 19.3 Å². The highest BCUT2D eigenvalue weighted by Crippen LogP contribution is 2.22. The summed E-state index contributed by atoms with van der Waals surface area (Å²) in [4.78, 5) is 25.5. The lowest BCUT2D eigenvalue weighted by Crippen LogP contribution is -2.40. The van der Waals surface area contributed by atoms with Crippen LogP contribution in [0.15, 0.2) is 5.10 Å². The summed E-state index contributed by atoms with van der Waals surface area (Å²) < 4.78 is 10.4. The fourth-order valence-electron chi connectivity index (χ4n) is 2.67. The molecule has 21 heavy (non-hydrogen) atoms. The molecule has 2 saturated heterocycles. The van der Waals surface area contributed by atoms with Crippen molar-refractivity contribution in [3.05, 3.63) is 10.1 Å². The molecule has 2 aliphatic heterocycles. The highest BCUT2D eigenvalue weighted by atomic mass is 16.7. The van der Waals surface area contributed by atoms with E-state index in [-0.39, 0.29) is 18.7 Å². The molecule has 2 unspecified atom stereocenters. The Bertz CT molecular complexity index is 441. The smallest absolute Gasteiger partial charge is 0.416 e. The molecule has 0 radical (unpaired) electrons. The molecule has 118 valence electrons. The second-order valence-electron chi connectivity index (χ2n) is 5.18. The Labute approximate surface area is 122 Å². The molecule has 1 amide bonds. The van der Waals surface area contributed by atoms with Gasteiger partial charge in [-0.05, 0) is 20.3 Å². The number of rotatable bonds is 4. The van der Waals surface area contributed by atoms with E-state index in [0.717, 1.165) is 6.42 Å². The van der Waals surface area contributed by atoms with Gasteiger partial charge in [-0.2, -0.15) is 0 Å². The van der Waals surface area contributed by atoms with E-state index >= 15 is 0 Å². The van der Waals surface area contributed by atoms with Crippen molar-refractivity contribution in [2.45, 2.75) is 26.4 Å². The molecular formula is C12H20N4O5. The minimum atomic E-state index is -0.784. The summed E-state index contributed by atoms with van der Waals surface area (Å²) in [5, 5.41) is 13.3. The lowest BCUT2D eigenvalue weighted by Gasteiger charge is -2.21. The third-order valence-corrected chi connectivity index (χ3v) is 3.54. The van der Waals surface area contributed by atoms with Gasteiger partial charge < -0.3 is 14.4 Å². The van der Waals surface area contributed by atoms with Gasteiger partial charge in [0.2, 0.25) is 0 Å². The Balaban J connectivity index is 2.06. The highest BCUT2D eigenvalue weighted by Gasteiger charge is 2.37. The van der Waals surface area contributed by atoms with Crippen LogP contribution in [-0.4, -0.2) is 65.8 Å². The Morgan fingerprint density at radius 2 is 2.33 bits per heavy atom. The second kappa shape index (κ2) is 6.70. The lowest BCUT2D eigenvalue weighted by molar-refractivity contribution is -0.486. The van der Waals surface area contributed by atoms with Gasteiger partial charge in [-0.25, -0.2) is 19.8 Å². The average Bonchev–Trinajstić information content (AvgIpc) is 2.97. The van der Waals surface area contributed by atoms with E-state index in [2.05, 4.69) is 5.10 Å². The van der Waals surface area contributed by atoms with Crippen LogP contribution in [0.5, 0.6) is 0 Å². The molecule has 0 aromatic carbocycles. The minimum absolute atomic E-state index is 0.0537. The monoisotopic (exact) mass is 300 g/mol. The molecule has 9 nitrogen and oxygen atoms in total. The molecule has 0 aromatic rings. The minimum Gasteiger partial charge on any atom is -0.449 e. The summed E-state index contributed by atoms with van der Waals surface area (Å²) in [5.74, 6) is 0.345. The summed E-state index contributed by atoms with van der Waals surface area (Å²) >= 11 is 0. The van der Waals surface area contributed by atoms with Crippen molar-refractivity contribution in [3.63, 3.8) is 0 Å². The fraction of sp³-hybridized carbons (Fsp3) is 0.833. The summed E-state index contributed by atoms with van der Waals surface area (Å²) in [6, 6.07) is 0. The molecule has 9 heteroatoms. The predicted octanol–water partition coefficient (Wildman–Crippen LogP) is 0.733. The number of guanidine groups is 1. The molecule has 2 rings (SSSR count). The first-order valence-corrected chi connectivity index (χ1v) is 7.05. The molecular weight excluding hydrogens is 280 g/mol. The summed E-state index contributed by atoms with van der Waals surface area (Å²) in [5.41, 5.74) is 0. The molecule has 2 heterocycles. The Kier molecular flexibility index (Phi) is 4.94. The molecule has 0 bridgehead atoms. The van der Waals surface area contributed by atoms with E-state index in [9.17, 15) is 14.9 Å². The van der Waals surface area contributed by atoms with Gasteiger partial charge in [0.15, 0.2) is 5.03 Å². The molecule has 0 saturated carbocycles. The number of carbonyl (C=O) groups excluding carboxylic acids is 1. The lowest BCUT2D eigenvalue weighted by atomic mass is 10.1. The van der Waals surface area contributed by atoms with E-state index in [4.69, 9.17) is 9.47 Å². The number of amides is 1. The molecule has 2 atom stereocenters. The van der Waals surface area contributed by atoms with Crippen LogP contribution in [0.25, 0.3) is 0 Å². The van der Waals surface area contributed by atoms with E-state index in [1.807, 2.05) is 6.92 Å². The first-order chi connectivity index (χ1) is 10.0. The van der Waals surface area contributed by atoms with Crippen LogP contribution in [0.3, 0.4) is 0 Å². The zero-order valence-electron chi connectivity index (χ0n) is 12.2. The van der Waals surface area contributed by atoms with Crippen molar-refractivity contribution in [1.29, 1.82) is 0 Å². The number of nitro groups is 1. The van der Waals surface area contributed by atoms with Gasteiger partial charge in [-0.3, -0.25) is 0 Å². The Hall–Kier alpha value is -1.90. The van der Waals surface area contributed by atoms with Crippen LogP contribution in [0, 0.1) is 16.0 Å². The van der Waals surface area contributed by atoms with Gasteiger partial charge in [0.25, 0.3) is 5.96 Å². The third-order valence-electron chi connectivity index (χ3n) is 3.54. The summed E-state index contributed by atoms with van der Waals surface area (Å²) in [6.07, 6.45) is 0.507. The molecule has 0 aliphatic carbocycles. The maximum absolute atomic E-state index is 11.8. The molecule has 0 N–H and O–H groups in total. The highest BCUT2D eigenvalue weighted by molar-refractivity contribution is 5.95. The molecule has 0 spiro atoms. The molecule has 2 fully saturated rings. The van der Waals surface area contributed by atoms with Crippen molar-refractivity contribution in [2.24, 2.45) is 11.0 Å². The Morgan fingerprint density at radius 3 is 2.90 bits per heavy atom. The van der Waals surface area contributed by atoms with Crippen LogP contribution in [-0.2, 0) is 9.47 Å². The van der Waals surface area contributed by atoms with Crippen molar-refractivity contribution in [3.8, 4) is 0 Å². The van der Waals surface area contributed by atoms with E-state index < -0.39 is 11.1 Å². The van der Waals surface area contributed by atoms with Crippen LogP contribution in [0.2, 0.25) is 0 Å².